The minimum Gasteiger partial charge on any atom is -0.325 e. The third-order valence-electron chi connectivity index (χ3n) is 4.44. The van der Waals surface area contributed by atoms with Gasteiger partial charge < -0.3 is 10.6 Å². The fourth-order valence-electron chi connectivity index (χ4n) is 2.83. The molecule has 0 heterocycles. The zero-order valence-electron chi connectivity index (χ0n) is 12.8. The molecule has 1 aromatic carbocycles. The van der Waals surface area contributed by atoms with Gasteiger partial charge in [0.1, 0.15) is 0 Å². The van der Waals surface area contributed by atoms with Crippen molar-refractivity contribution in [2.24, 2.45) is 11.8 Å². The van der Waals surface area contributed by atoms with Crippen molar-refractivity contribution in [3.05, 3.63) is 29.8 Å². The molecule has 0 spiro atoms. The molecule has 1 amide bonds. The number of carbonyl (C=O) groups is 1. The Labute approximate surface area is 122 Å². The van der Waals surface area contributed by atoms with Crippen LogP contribution in [0.2, 0.25) is 0 Å². The summed E-state index contributed by atoms with van der Waals surface area (Å²) in [6.07, 6.45) is 3.95. The maximum Gasteiger partial charge on any atom is 0.241 e. The fraction of sp³-hybridized carbons (Fsp3) is 0.588. The fourth-order valence-corrected chi connectivity index (χ4v) is 2.83. The van der Waals surface area contributed by atoms with Crippen LogP contribution in [-0.2, 0) is 4.79 Å². The second-order valence-electron chi connectivity index (χ2n) is 6.15. The first kappa shape index (κ1) is 15.0. The molecule has 1 saturated carbocycles. The van der Waals surface area contributed by atoms with E-state index in [1.165, 1.54) is 24.8 Å². The van der Waals surface area contributed by atoms with Crippen LogP contribution in [-0.4, -0.2) is 18.5 Å². The minimum absolute atomic E-state index is 0.0412. The number of nitrogens with one attached hydrogen (secondary N) is 2. The van der Waals surface area contributed by atoms with Crippen LogP contribution in [0.15, 0.2) is 24.3 Å². The summed E-state index contributed by atoms with van der Waals surface area (Å²) in [5.41, 5.74) is 2.06. The van der Waals surface area contributed by atoms with Gasteiger partial charge in [-0.2, -0.15) is 0 Å². The highest BCUT2D eigenvalue weighted by Gasteiger charge is 2.24. The van der Waals surface area contributed by atoms with Gasteiger partial charge in [-0.25, -0.2) is 0 Å². The van der Waals surface area contributed by atoms with E-state index in [-0.39, 0.29) is 11.9 Å². The number of hydrogen-bond donors (Lipinski definition) is 2. The van der Waals surface area contributed by atoms with Crippen molar-refractivity contribution in [1.29, 1.82) is 0 Å². The molecule has 0 bridgehead atoms. The predicted octanol–water partition coefficient (Wildman–Crippen LogP) is 3.35. The highest BCUT2D eigenvalue weighted by atomic mass is 16.2. The van der Waals surface area contributed by atoms with Crippen LogP contribution in [0.25, 0.3) is 0 Å². The van der Waals surface area contributed by atoms with E-state index in [4.69, 9.17) is 0 Å². The van der Waals surface area contributed by atoms with Crippen LogP contribution in [0.5, 0.6) is 0 Å². The van der Waals surface area contributed by atoms with Crippen LogP contribution in [0.3, 0.4) is 0 Å². The van der Waals surface area contributed by atoms with E-state index in [1.807, 2.05) is 38.1 Å². The van der Waals surface area contributed by atoms with E-state index in [9.17, 15) is 4.79 Å². The first-order valence-electron chi connectivity index (χ1n) is 7.67. The van der Waals surface area contributed by atoms with Gasteiger partial charge >= 0.3 is 0 Å². The number of rotatable bonds is 5. The van der Waals surface area contributed by atoms with E-state index in [0.29, 0.717) is 0 Å². The Kier molecular flexibility index (Phi) is 5.18. The van der Waals surface area contributed by atoms with E-state index in [0.717, 1.165) is 24.1 Å². The first-order valence-corrected chi connectivity index (χ1v) is 7.67. The van der Waals surface area contributed by atoms with Gasteiger partial charge in [0.2, 0.25) is 5.91 Å². The topological polar surface area (TPSA) is 41.1 Å². The largest absolute Gasteiger partial charge is 0.325 e. The summed E-state index contributed by atoms with van der Waals surface area (Å²) in [6.45, 7) is 7.24. The molecule has 1 aliphatic carbocycles. The number of benzene rings is 1. The van der Waals surface area contributed by atoms with Crippen molar-refractivity contribution in [2.75, 3.05) is 11.9 Å². The van der Waals surface area contributed by atoms with Crippen LogP contribution in [0, 0.1) is 18.8 Å². The Hall–Kier alpha value is -1.35. The van der Waals surface area contributed by atoms with Crippen LogP contribution in [0.4, 0.5) is 5.69 Å². The van der Waals surface area contributed by atoms with Crippen molar-refractivity contribution in [3.8, 4) is 0 Å². The summed E-state index contributed by atoms with van der Waals surface area (Å²) in [7, 11) is 0. The molecular formula is C17H26N2O. The Morgan fingerprint density at radius 3 is 2.60 bits per heavy atom. The first-order chi connectivity index (χ1) is 9.56. The van der Waals surface area contributed by atoms with Gasteiger partial charge in [0.25, 0.3) is 0 Å². The van der Waals surface area contributed by atoms with Gasteiger partial charge in [0.15, 0.2) is 0 Å². The number of amides is 1. The van der Waals surface area contributed by atoms with Crippen molar-refractivity contribution >= 4 is 11.6 Å². The van der Waals surface area contributed by atoms with Gasteiger partial charge in [-0.05, 0) is 50.8 Å². The molecule has 0 aliphatic heterocycles. The van der Waals surface area contributed by atoms with Crippen molar-refractivity contribution in [2.45, 2.75) is 46.1 Å². The summed E-state index contributed by atoms with van der Waals surface area (Å²) in [5, 5.41) is 6.33. The van der Waals surface area contributed by atoms with Crippen molar-refractivity contribution in [1.82, 2.24) is 5.32 Å². The Bertz CT molecular complexity index is 441. The molecule has 0 radical (unpaired) electrons. The lowest BCUT2D eigenvalue weighted by molar-refractivity contribution is -0.117. The molecule has 3 unspecified atom stereocenters. The predicted molar refractivity (Wildman–Crippen MR) is 83.8 cm³/mol. The lowest BCUT2D eigenvalue weighted by Gasteiger charge is -2.19. The summed E-state index contributed by atoms with van der Waals surface area (Å²) in [4.78, 5) is 12.1. The number of aryl methyl sites for hydroxylation is 1. The Morgan fingerprint density at radius 2 is 2.00 bits per heavy atom. The van der Waals surface area contributed by atoms with Gasteiger partial charge in [-0.3, -0.25) is 4.79 Å². The van der Waals surface area contributed by atoms with Crippen molar-refractivity contribution < 1.29 is 4.79 Å². The molecule has 0 aromatic heterocycles. The minimum atomic E-state index is -0.149. The number of anilines is 1. The quantitative estimate of drug-likeness (QED) is 0.864. The smallest absolute Gasteiger partial charge is 0.241 e. The monoisotopic (exact) mass is 274 g/mol. The maximum atomic E-state index is 12.1. The molecular weight excluding hydrogens is 248 g/mol. The second-order valence-corrected chi connectivity index (χ2v) is 6.15. The zero-order chi connectivity index (χ0) is 14.5. The molecule has 1 aromatic rings. The van der Waals surface area contributed by atoms with Gasteiger partial charge in [-0.15, -0.1) is 0 Å². The molecule has 3 heteroatoms. The molecule has 110 valence electrons. The SMILES string of the molecule is Cc1ccc(NC(=O)C(C)NCC2CCCC2C)cc1. The van der Waals surface area contributed by atoms with Crippen LogP contribution < -0.4 is 10.6 Å². The average molecular weight is 274 g/mol. The molecule has 3 atom stereocenters. The standard InChI is InChI=1S/C17H26N2O/c1-12-7-9-16(10-8-12)19-17(20)14(3)18-11-15-6-4-5-13(15)2/h7-10,13-15,18H,4-6,11H2,1-3H3,(H,19,20). The molecule has 1 fully saturated rings. The molecule has 2 rings (SSSR count). The number of hydrogen-bond acceptors (Lipinski definition) is 2. The van der Waals surface area contributed by atoms with Gasteiger partial charge in [0, 0.05) is 5.69 Å². The second kappa shape index (κ2) is 6.89. The van der Waals surface area contributed by atoms with E-state index < -0.39 is 0 Å². The summed E-state index contributed by atoms with van der Waals surface area (Å²) >= 11 is 0. The Morgan fingerprint density at radius 1 is 1.30 bits per heavy atom. The molecule has 1 aliphatic rings. The van der Waals surface area contributed by atoms with Crippen LogP contribution in [0.1, 0.15) is 38.7 Å². The summed E-state index contributed by atoms with van der Waals surface area (Å²) in [6, 6.07) is 7.75. The lowest BCUT2D eigenvalue weighted by Crippen LogP contribution is -2.40. The molecule has 3 nitrogen and oxygen atoms in total. The third kappa shape index (κ3) is 4.07. The Balaban J connectivity index is 1.78. The highest BCUT2D eigenvalue weighted by Crippen LogP contribution is 2.30. The van der Waals surface area contributed by atoms with Gasteiger partial charge in [-0.1, -0.05) is 37.5 Å². The normalized spacial score (nSPS) is 23.6. The number of carbonyl (C=O) groups excluding carboxylic acids is 1. The van der Waals surface area contributed by atoms with Crippen LogP contribution >= 0.6 is 0 Å². The zero-order valence-corrected chi connectivity index (χ0v) is 12.8. The summed E-state index contributed by atoms with van der Waals surface area (Å²) < 4.78 is 0. The molecule has 0 saturated heterocycles. The van der Waals surface area contributed by atoms with E-state index in [1.54, 1.807) is 0 Å². The lowest BCUT2D eigenvalue weighted by atomic mass is 9.98. The third-order valence-corrected chi connectivity index (χ3v) is 4.44. The highest BCUT2D eigenvalue weighted by molar-refractivity contribution is 5.94. The average Bonchev–Trinajstić information content (AvgIpc) is 2.84. The maximum absolute atomic E-state index is 12.1. The van der Waals surface area contributed by atoms with E-state index in [2.05, 4.69) is 17.6 Å². The molecule has 20 heavy (non-hydrogen) atoms. The van der Waals surface area contributed by atoms with E-state index >= 15 is 0 Å². The molecule has 2 N–H and O–H groups in total. The summed E-state index contributed by atoms with van der Waals surface area (Å²) in [5.74, 6) is 1.55. The van der Waals surface area contributed by atoms with Crippen molar-refractivity contribution in [3.63, 3.8) is 0 Å². The van der Waals surface area contributed by atoms with Gasteiger partial charge in [0.05, 0.1) is 6.04 Å².